The summed E-state index contributed by atoms with van der Waals surface area (Å²) in [4.78, 5) is 18.4. The van der Waals surface area contributed by atoms with Crippen LogP contribution in [0.4, 0.5) is 0 Å². The van der Waals surface area contributed by atoms with E-state index in [4.69, 9.17) is 4.74 Å². The predicted molar refractivity (Wildman–Crippen MR) is 121 cm³/mol. The highest BCUT2D eigenvalue weighted by atomic mass is 16.5. The second-order valence-electron chi connectivity index (χ2n) is 9.25. The molecule has 3 saturated heterocycles. The number of amides is 1. The van der Waals surface area contributed by atoms with E-state index in [-0.39, 0.29) is 5.54 Å². The minimum atomic E-state index is -0.308. The van der Waals surface area contributed by atoms with Gasteiger partial charge in [0.25, 0.3) is 0 Å². The molecule has 2 aromatic carbocycles. The second kappa shape index (κ2) is 7.48. The molecule has 3 aliphatic rings. The van der Waals surface area contributed by atoms with Gasteiger partial charge < -0.3 is 9.64 Å². The maximum atomic E-state index is 13.8. The molecule has 1 spiro atoms. The van der Waals surface area contributed by atoms with Crippen LogP contribution in [0.15, 0.2) is 67.0 Å². The molecule has 0 bridgehead atoms. The molecular formula is C26H28N4O2. The average molecular weight is 429 g/mol. The zero-order valence-corrected chi connectivity index (χ0v) is 18.4. The Morgan fingerprint density at radius 3 is 2.66 bits per heavy atom. The summed E-state index contributed by atoms with van der Waals surface area (Å²) < 4.78 is 7.15. The Hall–Kier alpha value is -3.12. The van der Waals surface area contributed by atoms with Crippen molar-refractivity contribution in [1.29, 1.82) is 0 Å². The molecule has 3 fully saturated rings. The summed E-state index contributed by atoms with van der Waals surface area (Å²) in [5.74, 6) is 1.57. The van der Waals surface area contributed by atoms with E-state index in [1.54, 1.807) is 13.3 Å². The summed E-state index contributed by atoms with van der Waals surface area (Å²) in [6.45, 7) is 2.53. The summed E-state index contributed by atoms with van der Waals surface area (Å²) in [5.41, 5.74) is 3.23. The second-order valence-corrected chi connectivity index (χ2v) is 9.25. The lowest BCUT2D eigenvalue weighted by Gasteiger charge is -2.33. The summed E-state index contributed by atoms with van der Waals surface area (Å²) in [7, 11) is 1.68. The van der Waals surface area contributed by atoms with Crippen molar-refractivity contribution in [2.24, 2.45) is 5.92 Å². The maximum Gasteiger partial charge on any atom is 0.243 e. The Balaban J connectivity index is 1.23. The molecule has 0 saturated carbocycles. The monoisotopic (exact) mass is 428 g/mol. The number of hydrogen-bond acceptors (Lipinski definition) is 4. The van der Waals surface area contributed by atoms with Crippen molar-refractivity contribution in [3.05, 3.63) is 78.1 Å². The molecule has 6 heteroatoms. The van der Waals surface area contributed by atoms with E-state index < -0.39 is 0 Å². The smallest absolute Gasteiger partial charge is 0.243 e. The standard InChI is InChI=1S/C26H28N4O2/c1-32-23-10-4-19(5-11-23)17-28-18-21-16-24(29-14-2-12-26(21,29)25(28)31)20-6-8-22(9-7-20)30-15-3-13-27-30/h3-11,13,15,21,24H,2,12,14,16-18H2,1H3/t21-,24-,26-/m0/s1. The lowest BCUT2D eigenvalue weighted by Crippen LogP contribution is -2.49. The highest BCUT2D eigenvalue weighted by Gasteiger charge is 2.65. The quantitative estimate of drug-likeness (QED) is 0.620. The third-order valence-electron chi connectivity index (χ3n) is 7.71. The zero-order chi connectivity index (χ0) is 21.7. The fourth-order valence-electron chi connectivity index (χ4n) is 6.25. The van der Waals surface area contributed by atoms with Crippen LogP contribution in [0.2, 0.25) is 0 Å². The third kappa shape index (κ3) is 2.89. The molecule has 0 aliphatic carbocycles. The van der Waals surface area contributed by atoms with Crippen LogP contribution < -0.4 is 4.74 Å². The van der Waals surface area contributed by atoms with Crippen molar-refractivity contribution in [2.75, 3.05) is 20.2 Å². The third-order valence-corrected chi connectivity index (χ3v) is 7.71. The number of likely N-dealkylation sites (tertiary alicyclic amines) is 1. The van der Waals surface area contributed by atoms with Gasteiger partial charge in [0.1, 0.15) is 11.3 Å². The van der Waals surface area contributed by atoms with Gasteiger partial charge in [-0.3, -0.25) is 9.69 Å². The highest BCUT2D eigenvalue weighted by molar-refractivity contribution is 5.90. The van der Waals surface area contributed by atoms with Gasteiger partial charge in [-0.05, 0) is 67.3 Å². The van der Waals surface area contributed by atoms with E-state index in [2.05, 4.69) is 51.3 Å². The molecule has 1 amide bonds. The van der Waals surface area contributed by atoms with Gasteiger partial charge in [0.2, 0.25) is 5.91 Å². The van der Waals surface area contributed by atoms with E-state index in [0.29, 0.717) is 24.4 Å². The molecular weight excluding hydrogens is 400 g/mol. The Morgan fingerprint density at radius 1 is 1.12 bits per heavy atom. The lowest BCUT2D eigenvalue weighted by molar-refractivity contribution is -0.137. The Labute approximate surface area is 188 Å². The number of carbonyl (C=O) groups excluding carboxylic acids is 1. The number of rotatable bonds is 5. The van der Waals surface area contributed by atoms with Crippen molar-refractivity contribution >= 4 is 5.91 Å². The van der Waals surface area contributed by atoms with Gasteiger partial charge in [-0.1, -0.05) is 24.3 Å². The van der Waals surface area contributed by atoms with Crippen LogP contribution in [0.3, 0.4) is 0 Å². The van der Waals surface area contributed by atoms with Gasteiger partial charge in [0.15, 0.2) is 0 Å². The molecule has 3 atom stereocenters. The number of ether oxygens (including phenoxy) is 1. The van der Waals surface area contributed by atoms with Gasteiger partial charge in [0, 0.05) is 37.4 Å². The van der Waals surface area contributed by atoms with Crippen LogP contribution in [0, 0.1) is 5.92 Å². The van der Waals surface area contributed by atoms with E-state index in [1.165, 1.54) is 5.56 Å². The fourth-order valence-corrected chi connectivity index (χ4v) is 6.25. The molecule has 0 radical (unpaired) electrons. The van der Waals surface area contributed by atoms with E-state index >= 15 is 0 Å². The first-order valence-electron chi connectivity index (χ1n) is 11.5. The summed E-state index contributed by atoms with van der Waals surface area (Å²) in [5, 5.41) is 4.32. The average Bonchev–Trinajstić information content (AvgIpc) is 3.60. The predicted octanol–water partition coefficient (Wildman–Crippen LogP) is 3.82. The molecule has 4 heterocycles. The lowest BCUT2D eigenvalue weighted by atomic mass is 9.85. The van der Waals surface area contributed by atoms with Gasteiger partial charge in [-0.25, -0.2) is 4.68 Å². The summed E-state index contributed by atoms with van der Waals surface area (Å²) >= 11 is 0. The molecule has 6 nitrogen and oxygen atoms in total. The van der Waals surface area contributed by atoms with E-state index in [0.717, 1.165) is 49.4 Å². The first-order chi connectivity index (χ1) is 15.7. The normalized spacial score (nSPS) is 27.0. The SMILES string of the molecule is COc1ccc(CN2C[C@@H]3C[C@@H](c4ccc(-n5cccn5)cc4)N4CCC[C@@]34C2=O)cc1. The Bertz CT molecular complexity index is 1110. The number of nitrogens with zero attached hydrogens (tertiary/aromatic N) is 4. The molecule has 32 heavy (non-hydrogen) atoms. The number of benzene rings is 2. The topological polar surface area (TPSA) is 50.6 Å². The van der Waals surface area contributed by atoms with Crippen LogP contribution >= 0.6 is 0 Å². The van der Waals surface area contributed by atoms with Crippen molar-refractivity contribution < 1.29 is 9.53 Å². The fraction of sp³-hybridized carbons (Fsp3) is 0.385. The van der Waals surface area contributed by atoms with E-state index in [1.807, 2.05) is 29.1 Å². The van der Waals surface area contributed by atoms with Crippen molar-refractivity contribution in [3.8, 4) is 11.4 Å². The molecule has 0 N–H and O–H groups in total. The molecule has 3 aromatic rings. The maximum absolute atomic E-state index is 13.8. The minimum absolute atomic E-state index is 0.308. The van der Waals surface area contributed by atoms with Crippen molar-refractivity contribution in [3.63, 3.8) is 0 Å². The number of methoxy groups -OCH3 is 1. The van der Waals surface area contributed by atoms with Crippen LogP contribution in [0.1, 0.15) is 36.4 Å². The van der Waals surface area contributed by atoms with Crippen molar-refractivity contribution in [2.45, 2.75) is 37.4 Å². The highest BCUT2D eigenvalue weighted by Crippen LogP contribution is 2.56. The molecule has 6 rings (SSSR count). The first-order valence-corrected chi connectivity index (χ1v) is 11.5. The molecule has 0 unspecified atom stereocenters. The minimum Gasteiger partial charge on any atom is -0.497 e. The molecule has 164 valence electrons. The molecule has 1 aromatic heterocycles. The van der Waals surface area contributed by atoms with Gasteiger partial charge in [-0.15, -0.1) is 0 Å². The van der Waals surface area contributed by atoms with Crippen LogP contribution in [0.5, 0.6) is 5.75 Å². The first kappa shape index (κ1) is 19.6. The Kier molecular flexibility index (Phi) is 4.57. The van der Waals surface area contributed by atoms with Crippen LogP contribution in [-0.4, -0.2) is 51.2 Å². The Morgan fingerprint density at radius 2 is 1.94 bits per heavy atom. The zero-order valence-electron chi connectivity index (χ0n) is 18.4. The largest absolute Gasteiger partial charge is 0.497 e. The van der Waals surface area contributed by atoms with Gasteiger partial charge in [0.05, 0.1) is 12.8 Å². The number of carbonyl (C=O) groups is 1. The molecule has 3 aliphatic heterocycles. The van der Waals surface area contributed by atoms with E-state index in [9.17, 15) is 4.79 Å². The number of aromatic nitrogens is 2. The summed E-state index contributed by atoms with van der Waals surface area (Å²) in [6, 6.07) is 19.0. The van der Waals surface area contributed by atoms with Gasteiger partial charge >= 0.3 is 0 Å². The van der Waals surface area contributed by atoms with Crippen LogP contribution in [0.25, 0.3) is 5.69 Å². The number of hydrogen-bond donors (Lipinski definition) is 0. The van der Waals surface area contributed by atoms with Gasteiger partial charge in [-0.2, -0.15) is 5.10 Å². The van der Waals surface area contributed by atoms with Crippen LogP contribution in [-0.2, 0) is 11.3 Å². The summed E-state index contributed by atoms with van der Waals surface area (Å²) in [6.07, 6.45) is 6.88. The van der Waals surface area contributed by atoms with Crippen molar-refractivity contribution in [1.82, 2.24) is 19.6 Å².